The van der Waals surface area contributed by atoms with Crippen LogP contribution in [0.3, 0.4) is 0 Å². The van der Waals surface area contributed by atoms with Crippen molar-refractivity contribution in [3.8, 4) is 0 Å². The van der Waals surface area contributed by atoms with Crippen molar-refractivity contribution in [3.63, 3.8) is 0 Å². The van der Waals surface area contributed by atoms with Crippen molar-refractivity contribution in [1.82, 2.24) is 0 Å². The third-order valence-electron chi connectivity index (χ3n) is 2.33. The van der Waals surface area contributed by atoms with Gasteiger partial charge in [0.1, 0.15) is 0 Å². The Bertz CT molecular complexity index is 328. The average Bonchev–Trinajstić information content (AvgIpc) is 2.48. The second-order valence-corrected chi connectivity index (χ2v) is 4.29. The van der Waals surface area contributed by atoms with E-state index in [1.807, 2.05) is 30.3 Å². The van der Waals surface area contributed by atoms with E-state index >= 15 is 0 Å². The Morgan fingerprint density at radius 3 is 1.65 bits per heavy atom. The fraction of sp³-hybridized carbons (Fsp3) is 0.444. The van der Waals surface area contributed by atoms with E-state index in [0.29, 0.717) is 0 Å². The van der Waals surface area contributed by atoms with E-state index in [0.717, 1.165) is 5.56 Å². The highest BCUT2D eigenvalue weighted by Crippen LogP contribution is 2.00. The van der Waals surface area contributed by atoms with Gasteiger partial charge in [0.05, 0.1) is 0 Å². The van der Waals surface area contributed by atoms with Crippen LogP contribution in [-0.4, -0.2) is 10.2 Å². The molecule has 2 N–H and O–H groups in total. The van der Waals surface area contributed by atoms with E-state index in [2.05, 4.69) is 27.7 Å². The lowest BCUT2D eigenvalue weighted by molar-refractivity contribution is 0.191. The van der Waals surface area contributed by atoms with E-state index in [1.165, 1.54) is 31.8 Å². The molecule has 0 amide bonds. The highest BCUT2D eigenvalue weighted by molar-refractivity contribution is 5.50. The molecule has 0 saturated carbocycles. The minimum absolute atomic E-state index is 0.679. The second-order valence-electron chi connectivity index (χ2n) is 4.29. The Morgan fingerprint density at radius 1 is 0.850 bits per heavy atom. The van der Waals surface area contributed by atoms with Gasteiger partial charge in [0.15, 0.2) is 0 Å². The van der Waals surface area contributed by atoms with Crippen molar-refractivity contribution in [3.05, 3.63) is 54.0 Å². The zero-order chi connectivity index (χ0) is 15.6. The van der Waals surface area contributed by atoms with Crippen molar-refractivity contribution in [2.24, 2.45) is 0 Å². The average molecular weight is 278 g/mol. The van der Waals surface area contributed by atoms with Crippen LogP contribution in [0.5, 0.6) is 0 Å². The Hall–Kier alpha value is -1.70. The lowest BCUT2D eigenvalue weighted by Gasteiger charge is -1.88. The van der Waals surface area contributed by atoms with E-state index in [9.17, 15) is 0 Å². The molecular formula is C18H30O2. The molecule has 0 spiro atoms. The summed E-state index contributed by atoms with van der Waals surface area (Å²) >= 11 is 0. The van der Waals surface area contributed by atoms with E-state index in [1.54, 1.807) is 12.2 Å². The smallest absolute Gasteiger partial charge is 0.274 e. The summed E-state index contributed by atoms with van der Waals surface area (Å²) in [5.41, 5.74) is 1.02. The Kier molecular flexibility index (Phi) is 17.8. The van der Waals surface area contributed by atoms with Crippen LogP contribution in [0.4, 0.5) is 0 Å². The van der Waals surface area contributed by atoms with Gasteiger partial charge in [-0.15, -0.1) is 0 Å². The molecule has 0 fully saturated rings. The van der Waals surface area contributed by atoms with Gasteiger partial charge in [-0.1, -0.05) is 95.9 Å². The molecule has 2 nitrogen and oxygen atoms in total. The lowest BCUT2D eigenvalue weighted by Crippen LogP contribution is -1.72. The molecule has 0 aliphatic rings. The molecule has 0 aromatic heterocycles. The minimum Gasteiger partial charge on any atom is -0.481 e. The van der Waals surface area contributed by atoms with Crippen LogP contribution < -0.4 is 0 Å². The van der Waals surface area contributed by atoms with Gasteiger partial charge < -0.3 is 10.2 Å². The van der Waals surface area contributed by atoms with Gasteiger partial charge in [-0.25, -0.2) is 0 Å². The molecule has 0 aliphatic heterocycles. The van der Waals surface area contributed by atoms with Gasteiger partial charge in [0.2, 0.25) is 0 Å². The quantitative estimate of drug-likeness (QED) is 0.503. The number of aliphatic hydroxyl groups is 2. The van der Waals surface area contributed by atoms with Crippen LogP contribution in [0.15, 0.2) is 48.4 Å². The van der Waals surface area contributed by atoms with E-state index in [4.69, 9.17) is 10.2 Å². The molecular weight excluding hydrogens is 248 g/mol. The molecule has 0 heterocycles. The van der Waals surface area contributed by atoms with E-state index < -0.39 is 5.95 Å². The van der Waals surface area contributed by atoms with Crippen LogP contribution in [-0.2, 0) is 0 Å². The zero-order valence-corrected chi connectivity index (χ0v) is 13.3. The third kappa shape index (κ3) is 18.7. The summed E-state index contributed by atoms with van der Waals surface area (Å²) in [5, 5.41) is 16.8. The van der Waals surface area contributed by atoms with Crippen LogP contribution >= 0.6 is 0 Å². The van der Waals surface area contributed by atoms with Crippen molar-refractivity contribution in [2.45, 2.75) is 53.4 Å². The maximum absolute atomic E-state index is 8.40. The first-order valence-electron chi connectivity index (χ1n) is 7.43. The summed E-state index contributed by atoms with van der Waals surface area (Å²) in [5.74, 6) is -0.679. The highest BCUT2D eigenvalue weighted by atomic mass is 16.5. The van der Waals surface area contributed by atoms with Crippen molar-refractivity contribution in [1.29, 1.82) is 0 Å². The number of unbranched alkanes of at least 4 members (excludes halogenated alkanes) is 2. The third-order valence-corrected chi connectivity index (χ3v) is 2.33. The maximum atomic E-state index is 8.40. The topological polar surface area (TPSA) is 40.5 Å². The monoisotopic (exact) mass is 278 g/mol. The van der Waals surface area contributed by atoms with Crippen LogP contribution in [0.1, 0.15) is 58.9 Å². The summed E-state index contributed by atoms with van der Waals surface area (Å²) < 4.78 is 0. The highest BCUT2D eigenvalue weighted by Gasteiger charge is 1.81. The molecule has 0 atom stereocenters. The van der Waals surface area contributed by atoms with Gasteiger partial charge in [0.25, 0.3) is 5.95 Å². The first-order chi connectivity index (χ1) is 9.62. The molecule has 0 aliphatic carbocycles. The number of allylic oxidation sites excluding steroid dienone is 2. The Labute approximate surface area is 124 Å². The number of rotatable bonds is 4. The molecule has 20 heavy (non-hydrogen) atoms. The molecule has 2 heteroatoms. The van der Waals surface area contributed by atoms with Gasteiger partial charge in [-0.3, -0.25) is 0 Å². The maximum Gasteiger partial charge on any atom is 0.274 e. The minimum atomic E-state index is -0.679. The molecule has 1 aromatic rings. The summed E-state index contributed by atoms with van der Waals surface area (Å²) in [6.45, 7) is 8.72. The SMILES string of the molecule is CCCC.CCCC.OC(O)=C/C=C/c1ccccc1. The summed E-state index contributed by atoms with van der Waals surface area (Å²) in [7, 11) is 0. The summed E-state index contributed by atoms with van der Waals surface area (Å²) in [4.78, 5) is 0. The lowest BCUT2D eigenvalue weighted by atomic mass is 10.2. The number of aliphatic hydroxyl groups excluding tert-OH is 1. The summed E-state index contributed by atoms with van der Waals surface area (Å²) in [6, 6.07) is 9.62. The normalized spacial score (nSPS) is 9.00. The number of benzene rings is 1. The van der Waals surface area contributed by atoms with Gasteiger partial charge >= 0.3 is 0 Å². The predicted molar refractivity (Wildman–Crippen MR) is 90.0 cm³/mol. The van der Waals surface area contributed by atoms with Crippen LogP contribution in [0.25, 0.3) is 6.08 Å². The molecule has 0 bridgehead atoms. The van der Waals surface area contributed by atoms with Crippen LogP contribution in [0, 0.1) is 0 Å². The van der Waals surface area contributed by atoms with Crippen molar-refractivity contribution in [2.75, 3.05) is 0 Å². The molecule has 0 radical (unpaired) electrons. The molecule has 114 valence electrons. The standard InChI is InChI=1S/C10H10O2.2C4H10/c11-10(12)8-4-7-9-5-2-1-3-6-9;2*1-3-4-2/h1-8,11-12H;2*3-4H2,1-2H3/b7-4+;;. The van der Waals surface area contributed by atoms with Crippen molar-refractivity contribution >= 4 is 6.08 Å². The van der Waals surface area contributed by atoms with Crippen molar-refractivity contribution < 1.29 is 10.2 Å². The number of hydrogen-bond donors (Lipinski definition) is 2. The number of hydrogen-bond acceptors (Lipinski definition) is 2. The summed E-state index contributed by atoms with van der Waals surface area (Å²) in [6.07, 6.45) is 9.85. The van der Waals surface area contributed by atoms with Gasteiger partial charge in [0, 0.05) is 6.08 Å². The Balaban J connectivity index is 0. The van der Waals surface area contributed by atoms with Gasteiger partial charge in [-0.2, -0.15) is 0 Å². The predicted octanol–water partition coefficient (Wildman–Crippen LogP) is 6.27. The van der Waals surface area contributed by atoms with Crippen LogP contribution in [0.2, 0.25) is 0 Å². The zero-order valence-electron chi connectivity index (χ0n) is 13.3. The van der Waals surface area contributed by atoms with E-state index in [-0.39, 0.29) is 0 Å². The molecule has 0 saturated heterocycles. The second kappa shape index (κ2) is 17.3. The first-order valence-corrected chi connectivity index (χ1v) is 7.43. The fourth-order valence-electron chi connectivity index (χ4n) is 0.809. The molecule has 0 unspecified atom stereocenters. The molecule has 1 aromatic carbocycles. The van der Waals surface area contributed by atoms with Gasteiger partial charge in [-0.05, 0) is 5.56 Å². The Morgan fingerprint density at radius 2 is 1.30 bits per heavy atom. The molecule has 1 rings (SSSR count). The largest absolute Gasteiger partial charge is 0.481 e. The fourth-order valence-corrected chi connectivity index (χ4v) is 0.809. The first kappa shape index (κ1) is 20.6.